The van der Waals surface area contributed by atoms with Gasteiger partial charge in [-0.25, -0.2) is 4.98 Å². The summed E-state index contributed by atoms with van der Waals surface area (Å²) < 4.78 is 2.19. The maximum absolute atomic E-state index is 12.7. The summed E-state index contributed by atoms with van der Waals surface area (Å²) in [5.41, 5.74) is 3.55. The van der Waals surface area contributed by atoms with Crippen LogP contribution >= 0.6 is 11.8 Å². The fourth-order valence-electron chi connectivity index (χ4n) is 4.02. The van der Waals surface area contributed by atoms with Crippen LogP contribution in [0.2, 0.25) is 0 Å². The highest BCUT2D eigenvalue weighted by Crippen LogP contribution is 2.26. The number of nitrogens with zero attached hydrogens (tertiary/aromatic N) is 3. The summed E-state index contributed by atoms with van der Waals surface area (Å²) in [4.78, 5) is 19.5. The molecule has 0 N–H and O–H groups in total. The number of aromatic nitrogens is 2. The Hall–Kier alpha value is -2.27. The molecule has 146 valence electrons. The fourth-order valence-corrected chi connectivity index (χ4v) is 5.00. The number of rotatable bonds is 6. The van der Waals surface area contributed by atoms with Crippen LogP contribution in [0.3, 0.4) is 0 Å². The van der Waals surface area contributed by atoms with Gasteiger partial charge in [-0.3, -0.25) is 4.79 Å². The molecule has 2 aromatic carbocycles. The Morgan fingerprint density at radius 2 is 1.79 bits per heavy atom. The molecule has 0 aliphatic carbocycles. The van der Waals surface area contributed by atoms with Gasteiger partial charge in [-0.1, -0.05) is 54.2 Å². The minimum Gasteiger partial charge on any atom is -0.342 e. The number of benzene rings is 2. The van der Waals surface area contributed by atoms with Crippen molar-refractivity contribution in [3.63, 3.8) is 0 Å². The van der Waals surface area contributed by atoms with E-state index in [1.54, 1.807) is 11.8 Å². The number of aryl methyl sites for hydroxylation is 1. The molecule has 0 bridgehead atoms. The van der Waals surface area contributed by atoms with Crippen LogP contribution in [-0.2, 0) is 17.8 Å². The maximum atomic E-state index is 12.7. The molecule has 4 nitrogen and oxygen atoms in total. The van der Waals surface area contributed by atoms with Gasteiger partial charge in [-0.05, 0) is 49.8 Å². The maximum Gasteiger partial charge on any atom is 0.233 e. The van der Waals surface area contributed by atoms with Gasteiger partial charge in [0.2, 0.25) is 5.91 Å². The molecular formula is C23H27N3OS. The molecule has 0 atom stereocenters. The molecule has 0 spiro atoms. The third-order valence-corrected chi connectivity index (χ3v) is 6.56. The van der Waals surface area contributed by atoms with E-state index in [-0.39, 0.29) is 5.91 Å². The zero-order chi connectivity index (χ0) is 19.3. The van der Waals surface area contributed by atoms with Crippen LogP contribution in [0.4, 0.5) is 0 Å². The summed E-state index contributed by atoms with van der Waals surface area (Å²) >= 11 is 1.56. The molecule has 1 fully saturated rings. The SMILES string of the molecule is CCn1c(SCC(=O)N2CCC(Cc3ccccc3)CC2)nc2ccccc21. The Morgan fingerprint density at radius 1 is 1.07 bits per heavy atom. The summed E-state index contributed by atoms with van der Waals surface area (Å²) in [6, 6.07) is 18.9. The second kappa shape index (κ2) is 8.82. The average Bonchev–Trinajstić information content (AvgIpc) is 3.11. The molecule has 3 aromatic rings. The predicted molar refractivity (Wildman–Crippen MR) is 116 cm³/mol. The number of carbonyl (C=O) groups excluding carboxylic acids is 1. The number of hydrogen-bond donors (Lipinski definition) is 0. The zero-order valence-corrected chi connectivity index (χ0v) is 17.2. The van der Waals surface area contributed by atoms with E-state index >= 15 is 0 Å². The average molecular weight is 394 g/mol. The topological polar surface area (TPSA) is 38.1 Å². The highest BCUT2D eigenvalue weighted by atomic mass is 32.2. The van der Waals surface area contributed by atoms with E-state index in [1.165, 1.54) is 5.56 Å². The Labute approximate surface area is 170 Å². The van der Waals surface area contributed by atoms with Crippen LogP contribution < -0.4 is 0 Å². The van der Waals surface area contributed by atoms with Crippen molar-refractivity contribution in [2.24, 2.45) is 5.92 Å². The number of carbonyl (C=O) groups is 1. The molecule has 28 heavy (non-hydrogen) atoms. The van der Waals surface area contributed by atoms with Crippen LogP contribution in [0.15, 0.2) is 59.8 Å². The summed E-state index contributed by atoms with van der Waals surface area (Å²) in [5, 5.41) is 0.941. The molecule has 1 amide bonds. The number of imidazole rings is 1. The van der Waals surface area contributed by atoms with Gasteiger partial charge >= 0.3 is 0 Å². The number of likely N-dealkylation sites (tertiary alicyclic amines) is 1. The molecule has 4 rings (SSSR count). The number of thioether (sulfide) groups is 1. The first-order chi connectivity index (χ1) is 13.7. The van der Waals surface area contributed by atoms with Crippen LogP contribution in [0.25, 0.3) is 11.0 Å². The highest BCUT2D eigenvalue weighted by molar-refractivity contribution is 7.99. The molecule has 0 radical (unpaired) electrons. The van der Waals surface area contributed by atoms with Crippen LogP contribution in [0.1, 0.15) is 25.3 Å². The first-order valence-electron chi connectivity index (χ1n) is 10.1. The van der Waals surface area contributed by atoms with E-state index in [1.807, 2.05) is 23.1 Å². The van der Waals surface area contributed by atoms with E-state index in [2.05, 4.69) is 47.9 Å². The number of para-hydroxylation sites is 2. The summed E-state index contributed by atoms with van der Waals surface area (Å²) in [6.07, 6.45) is 3.32. The number of fused-ring (bicyclic) bond motifs is 1. The fraction of sp³-hybridized carbons (Fsp3) is 0.391. The van der Waals surface area contributed by atoms with Crippen molar-refractivity contribution in [2.45, 2.75) is 37.9 Å². The van der Waals surface area contributed by atoms with Crippen molar-refractivity contribution in [3.8, 4) is 0 Å². The van der Waals surface area contributed by atoms with E-state index in [9.17, 15) is 4.79 Å². The first-order valence-corrected chi connectivity index (χ1v) is 11.1. The standard InChI is InChI=1S/C23H27N3OS/c1-2-26-21-11-7-6-10-20(21)24-23(26)28-17-22(27)25-14-12-19(13-15-25)16-18-8-4-3-5-9-18/h3-11,19H,2,12-17H2,1H3. The van der Waals surface area contributed by atoms with Crippen molar-refractivity contribution in [3.05, 3.63) is 60.2 Å². The summed E-state index contributed by atoms with van der Waals surface area (Å²) in [5.74, 6) is 1.38. The van der Waals surface area contributed by atoms with Gasteiger partial charge in [-0.15, -0.1) is 0 Å². The van der Waals surface area contributed by atoms with Crippen molar-refractivity contribution >= 4 is 28.7 Å². The predicted octanol–water partition coefficient (Wildman–Crippen LogP) is 4.63. The number of amides is 1. The van der Waals surface area contributed by atoms with Crippen molar-refractivity contribution in [1.29, 1.82) is 0 Å². The molecule has 1 aromatic heterocycles. The third-order valence-electron chi connectivity index (χ3n) is 5.59. The molecule has 1 aliphatic rings. The third kappa shape index (κ3) is 4.25. The zero-order valence-electron chi connectivity index (χ0n) is 16.4. The van der Waals surface area contributed by atoms with Gasteiger partial charge < -0.3 is 9.47 Å². The van der Waals surface area contributed by atoms with Gasteiger partial charge in [-0.2, -0.15) is 0 Å². The van der Waals surface area contributed by atoms with Crippen LogP contribution in [0.5, 0.6) is 0 Å². The van der Waals surface area contributed by atoms with Crippen molar-refractivity contribution in [1.82, 2.24) is 14.5 Å². The molecule has 1 aliphatic heterocycles. The first kappa shape index (κ1) is 19.1. The molecule has 0 saturated carbocycles. The minimum absolute atomic E-state index is 0.234. The Kier molecular flexibility index (Phi) is 6.01. The Balaban J connectivity index is 1.30. The number of piperidine rings is 1. The monoisotopic (exact) mass is 393 g/mol. The van der Waals surface area contributed by atoms with E-state index in [0.29, 0.717) is 11.7 Å². The second-order valence-electron chi connectivity index (χ2n) is 7.43. The molecule has 2 heterocycles. The van der Waals surface area contributed by atoms with Gasteiger partial charge in [0, 0.05) is 19.6 Å². The van der Waals surface area contributed by atoms with Gasteiger partial charge in [0.15, 0.2) is 5.16 Å². The van der Waals surface area contributed by atoms with E-state index in [0.717, 1.165) is 55.1 Å². The quantitative estimate of drug-likeness (QED) is 0.573. The lowest BCUT2D eigenvalue weighted by Crippen LogP contribution is -2.39. The smallest absolute Gasteiger partial charge is 0.233 e. The molecule has 5 heteroatoms. The second-order valence-corrected chi connectivity index (χ2v) is 8.37. The normalized spacial score (nSPS) is 15.2. The Morgan fingerprint density at radius 3 is 2.54 bits per heavy atom. The summed E-state index contributed by atoms with van der Waals surface area (Å²) in [7, 11) is 0. The Bertz CT molecular complexity index is 929. The molecular weight excluding hydrogens is 366 g/mol. The van der Waals surface area contributed by atoms with Gasteiger partial charge in [0.05, 0.1) is 16.8 Å². The van der Waals surface area contributed by atoms with Crippen molar-refractivity contribution < 1.29 is 4.79 Å². The molecule has 0 unspecified atom stereocenters. The lowest BCUT2D eigenvalue weighted by atomic mass is 9.90. The van der Waals surface area contributed by atoms with E-state index in [4.69, 9.17) is 4.98 Å². The highest BCUT2D eigenvalue weighted by Gasteiger charge is 2.23. The largest absolute Gasteiger partial charge is 0.342 e. The van der Waals surface area contributed by atoms with Gasteiger partial charge in [0.25, 0.3) is 0 Å². The minimum atomic E-state index is 0.234. The summed E-state index contributed by atoms with van der Waals surface area (Å²) in [6.45, 7) is 4.74. The number of hydrogen-bond acceptors (Lipinski definition) is 3. The molecule has 1 saturated heterocycles. The van der Waals surface area contributed by atoms with Crippen LogP contribution in [-0.4, -0.2) is 39.2 Å². The van der Waals surface area contributed by atoms with Crippen LogP contribution in [0, 0.1) is 5.92 Å². The van der Waals surface area contributed by atoms with E-state index < -0.39 is 0 Å². The van der Waals surface area contributed by atoms with Crippen molar-refractivity contribution in [2.75, 3.05) is 18.8 Å². The van der Waals surface area contributed by atoms with Gasteiger partial charge in [0.1, 0.15) is 0 Å². The lowest BCUT2D eigenvalue weighted by Gasteiger charge is -2.32. The lowest BCUT2D eigenvalue weighted by molar-refractivity contribution is -0.129.